The molecule has 2 aromatic heterocycles. The van der Waals surface area contributed by atoms with Crippen LogP contribution in [0.4, 0.5) is 35.5 Å². The van der Waals surface area contributed by atoms with Crippen LogP contribution in [0.15, 0.2) is 42.9 Å². The summed E-state index contributed by atoms with van der Waals surface area (Å²) >= 11 is 0. The van der Waals surface area contributed by atoms with Crippen molar-refractivity contribution < 1.29 is 46.9 Å². The van der Waals surface area contributed by atoms with E-state index in [9.17, 15) is 32.7 Å². The first-order valence-electron chi connectivity index (χ1n) is 18.7. The number of carbonyl (C=O) groups is 3. The van der Waals surface area contributed by atoms with Gasteiger partial charge in [0.15, 0.2) is 5.69 Å². The highest BCUT2D eigenvalue weighted by Gasteiger charge is 2.48. The molecule has 4 aliphatic heterocycles. The van der Waals surface area contributed by atoms with Crippen molar-refractivity contribution in [1.82, 2.24) is 30.2 Å². The first-order valence-corrected chi connectivity index (χ1v) is 18.7. The number of carboxylic acid groups (broad SMARTS) is 1. The van der Waals surface area contributed by atoms with E-state index in [-0.39, 0.29) is 44.5 Å². The maximum absolute atomic E-state index is 14.7. The largest absolute Gasteiger partial charge is 0.490 e. The molecule has 0 bridgehead atoms. The van der Waals surface area contributed by atoms with Crippen molar-refractivity contribution in [3.05, 3.63) is 59.7 Å². The molecule has 4 aliphatic rings. The lowest BCUT2D eigenvalue weighted by Crippen LogP contribution is -2.61. The summed E-state index contributed by atoms with van der Waals surface area (Å²) in [5.41, 5.74) is -4.08. The van der Waals surface area contributed by atoms with Gasteiger partial charge in [-0.2, -0.15) is 13.2 Å². The minimum atomic E-state index is -5.08. The third kappa shape index (κ3) is 8.01. The first-order chi connectivity index (χ1) is 26.6. The molecule has 1 aromatic carbocycles. The number of aromatic nitrogens is 4. The van der Waals surface area contributed by atoms with Gasteiger partial charge < -0.3 is 39.3 Å². The molecule has 0 saturated carbocycles. The Bertz CT molecular complexity index is 1940. The van der Waals surface area contributed by atoms with Crippen LogP contribution < -0.4 is 19.9 Å². The lowest BCUT2D eigenvalue weighted by molar-refractivity contribution is -0.146. The fourth-order valence-electron chi connectivity index (χ4n) is 7.87. The zero-order valence-corrected chi connectivity index (χ0v) is 31.5. The first kappa shape index (κ1) is 39.0. The number of hydrogen-bond acceptors (Lipinski definition) is 12. The number of fused-ring (bicyclic) bond motifs is 2. The topological polar surface area (TPSA) is 172 Å². The van der Waals surface area contributed by atoms with E-state index in [2.05, 4.69) is 30.2 Å². The number of nitrogens with one attached hydrogen (secondary N) is 1. The number of halogens is 3. The number of carboxylic acids is 1. The molecule has 7 rings (SSSR count). The monoisotopic (exact) mass is 782 g/mol. The summed E-state index contributed by atoms with van der Waals surface area (Å²) in [6, 6.07) is 7.33. The van der Waals surface area contributed by atoms with E-state index < -0.39 is 52.0 Å². The summed E-state index contributed by atoms with van der Waals surface area (Å²) in [6.07, 6.45) is 0.670. The molecule has 56 heavy (non-hydrogen) atoms. The summed E-state index contributed by atoms with van der Waals surface area (Å²) in [7, 11) is 0. The van der Waals surface area contributed by atoms with Crippen molar-refractivity contribution in [3.63, 3.8) is 0 Å². The van der Waals surface area contributed by atoms with Gasteiger partial charge in [-0.25, -0.2) is 29.5 Å². The van der Waals surface area contributed by atoms with Crippen LogP contribution in [0.3, 0.4) is 0 Å². The van der Waals surface area contributed by atoms with Crippen molar-refractivity contribution in [2.24, 2.45) is 0 Å². The number of likely N-dealkylation sites (tertiary alicyclic amines) is 1. The Morgan fingerprint density at radius 1 is 0.946 bits per heavy atom. The molecule has 1 spiro atoms. The molecule has 3 saturated heterocycles. The Balaban J connectivity index is 1.11. The normalized spacial score (nSPS) is 19.7. The number of anilines is 3. The van der Waals surface area contributed by atoms with Gasteiger partial charge in [-0.3, -0.25) is 4.79 Å². The van der Waals surface area contributed by atoms with Crippen LogP contribution in [-0.2, 0) is 25.9 Å². The molecule has 6 heterocycles. The van der Waals surface area contributed by atoms with Gasteiger partial charge in [0.25, 0.3) is 5.91 Å². The molecular formula is C38H45F3N8O7. The molecule has 2 amide bonds. The SMILES string of the molecule is CC(C)(C)OC(=O)N1CCC(NC(=O)c2cnc(N3CC4(CCOCC4)c4cc(OC5CCN(c6ncccn6)CC5)ccc43)nc2C(F)(F)F)(C(=O)O)CC1. The molecule has 3 fully saturated rings. The molecule has 3 aromatic rings. The van der Waals surface area contributed by atoms with Crippen molar-refractivity contribution in [2.45, 2.75) is 88.1 Å². The van der Waals surface area contributed by atoms with Crippen molar-refractivity contribution in [3.8, 4) is 5.75 Å². The maximum atomic E-state index is 14.7. The molecule has 0 radical (unpaired) electrons. The molecule has 0 aliphatic carbocycles. The van der Waals surface area contributed by atoms with Crippen LogP contribution in [0.2, 0.25) is 0 Å². The predicted octanol–water partition coefficient (Wildman–Crippen LogP) is 5.12. The molecule has 0 unspecified atom stereocenters. The number of hydrogen-bond donors (Lipinski definition) is 2. The third-order valence-electron chi connectivity index (χ3n) is 10.9. The molecule has 2 N–H and O–H groups in total. The summed E-state index contributed by atoms with van der Waals surface area (Å²) in [5.74, 6) is -1.65. The highest BCUT2D eigenvalue weighted by atomic mass is 19.4. The Kier molecular flexibility index (Phi) is 10.4. The Morgan fingerprint density at radius 3 is 2.25 bits per heavy atom. The Morgan fingerprint density at radius 2 is 1.62 bits per heavy atom. The Hall–Kier alpha value is -5.26. The average Bonchev–Trinajstić information content (AvgIpc) is 3.46. The van der Waals surface area contributed by atoms with E-state index in [4.69, 9.17) is 14.2 Å². The van der Waals surface area contributed by atoms with Gasteiger partial charge in [0, 0.05) is 88.5 Å². The van der Waals surface area contributed by atoms with Gasteiger partial charge in [-0.1, -0.05) is 0 Å². The molecule has 18 heteroatoms. The number of carbonyl (C=O) groups excluding carboxylic acids is 2. The number of alkyl halides is 3. The number of amides is 2. The lowest BCUT2D eigenvalue weighted by atomic mass is 9.76. The maximum Gasteiger partial charge on any atom is 0.434 e. The van der Waals surface area contributed by atoms with Gasteiger partial charge >= 0.3 is 18.2 Å². The molecule has 0 atom stereocenters. The summed E-state index contributed by atoms with van der Waals surface area (Å²) in [5, 5.41) is 12.5. The average molecular weight is 783 g/mol. The zero-order chi connectivity index (χ0) is 39.9. The molecule has 300 valence electrons. The lowest BCUT2D eigenvalue weighted by Gasteiger charge is -2.39. The summed E-state index contributed by atoms with van der Waals surface area (Å²) in [4.78, 5) is 60.5. The number of rotatable bonds is 7. The fourth-order valence-corrected chi connectivity index (χ4v) is 7.87. The van der Waals surface area contributed by atoms with Gasteiger partial charge in [0.1, 0.15) is 23.0 Å². The second kappa shape index (κ2) is 15.0. The second-order valence-electron chi connectivity index (χ2n) is 15.7. The number of piperidine rings is 2. The minimum Gasteiger partial charge on any atom is -0.490 e. The standard InChI is InChI=1S/C38H45F3N8O7/c1-35(2,3)56-34(53)48-17-9-37(10-18-48,31(51)52)46-30(50)26-22-44-33(45-29(26)38(39,40)41)49-23-36(11-19-54-20-12-36)27-21-25(5-6-28(27)49)55-24-7-15-47(16-8-24)32-42-13-4-14-43-32/h4-6,13-14,21-22,24H,7-12,15-20,23H2,1-3H3,(H,46,50)(H,51,52). The fraction of sp³-hybridized carbons (Fsp3) is 0.553. The van der Waals surface area contributed by atoms with Crippen molar-refractivity contribution in [2.75, 3.05) is 55.7 Å². The van der Waals surface area contributed by atoms with Crippen molar-refractivity contribution >= 4 is 35.6 Å². The van der Waals surface area contributed by atoms with E-state index in [0.29, 0.717) is 43.4 Å². The van der Waals surface area contributed by atoms with E-state index in [1.54, 1.807) is 56.3 Å². The van der Waals surface area contributed by atoms with Crippen LogP contribution in [0.1, 0.15) is 80.9 Å². The highest BCUT2D eigenvalue weighted by molar-refractivity contribution is 5.99. The van der Waals surface area contributed by atoms with Gasteiger partial charge in [-0.15, -0.1) is 0 Å². The zero-order valence-electron chi connectivity index (χ0n) is 31.5. The predicted molar refractivity (Wildman–Crippen MR) is 195 cm³/mol. The third-order valence-corrected chi connectivity index (χ3v) is 10.9. The second-order valence-corrected chi connectivity index (χ2v) is 15.7. The van der Waals surface area contributed by atoms with Crippen LogP contribution in [0.25, 0.3) is 0 Å². The highest BCUT2D eigenvalue weighted by Crippen LogP contribution is 2.50. The Labute approximate surface area is 321 Å². The van der Waals surface area contributed by atoms with Crippen LogP contribution >= 0.6 is 0 Å². The molecule has 15 nitrogen and oxygen atoms in total. The summed E-state index contributed by atoms with van der Waals surface area (Å²) < 4.78 is 61.7. The number of benzene rings is 1. The number of nitrogens with zero attached hydrogens (tertiary/aromatic N) is 7. The van der Waals surface area contributed by atoms with Gasteiger partial charge in [-0.05, 0) is 76.3 Å². The van der Waals surface area contributed by atoms with E-state index >= 15 is 0 Å². The molecular weight excluding hydrogens is 737 g/mol. The van der Waals surface area contributed by atoms with E-state index in [1.807, 2.05) is 6.07 Å². The van der Waals surface area contributed by atoms with Crippen LogP contribution in [0, 0.1) is 0 Å². The quantitative estimate of drug-likeness (QED) is 0.324. The summed E-state index contributed by atoms with van der Waals surface area (Å²) in [6.45, 7) is 7.54. The smallest absolute Gasteiger partial charge is 0.434 e. The van der Waals surface area contributed by atoms with E-state index in [0.717, 1.165) is 37.7 Å². The van der Waals surface area contributed by atoms with E-state index in [1.165, 1.54) is 4.90 Å². The van der Waals surface area contributed by atoms with Crippen LogP contribution in [-0.4, -0.2) is 111 Å². The van der Waals surface area contributed by atoms with Crippen molar-refractivity contribution in [1.29, 1.82) is 0 Å². The minimum absolute atomic E-state index is 0.0506. The number of ether oxygens (including phenoxy) is 3. The van der Waals surface area contributed by atoms with Crippen LogP contribution in [0.5, 0.6) is 5.75 Å². The van der Waals surface area contributed by atoms with Gasteiger partial charge in [0.2, 0.25) is 11.9 Å². The number of aliphatic carboxylic acids is 1. The van der Waals surface area contributed by atoms with Gasteiger partial charge in [0.05, 0.1) is 5.56 Å².